The zero-order valence-corrected chi connectivity index (χ0v) is 13.4. The molecule has 132 valence electrons. The summed E-state index contributed by atoms with van der Waals surface area (Å²) < 4.78 is 13.3. The predicted molar refractivity (Wildman–Crippen MR) is 90.4 cm³/mol. The largest absolute Gasteiger partial charge is 0.392 e. The van der Waals surface area contributed by atoms with Crippen LogP contribution in [0.4, 0.5) is 15.8 Å². The highest BCUT2D eigenvalue weighted by Crippen LogP contribution is 2.22. The van der Waals surface area contributed by atoms with Gasteiger partial charge in [0, 0.05) is 31.1 Å². The van der Waals surface area contributed by atoms with Gasteiger partial charge in [-0.1, -0.05) is 18.2 Å². The fourth-order valence-corrected chi connectivity index (χ4v) is 2.24. The number of carbonyl (C=O) groups excluding carboxylic acids is 1. The predicted octanol–water partition coefficient (Wildman–Crippen LogP) is 2.34. The van der Waals surface area contributed by atoms with E-state index in [9.17, 15) is 19.3 Å². The summed E-state index contributed by atoms with van der Waals surface area (Å²) in [5, 5.41) is 25.5. The van der Waals surface area contributed by atoms with E-state index in [4.69, 9.17) is 5.11 Å². The second-order valence-electron chi connectivity index (χ2n) is 5.31. The summed E-state index contributed by atoms with van der Waals surface area (Å²) >= 11 is 0. The van der Waals surface area contributed by atoms with Crippen molar-refractivity contribution < 1.29 is 19.2 Å². The first-order chi connectivity index (χ1) is 12.0. The van der Waals surface area contributed by atoms with Gasteiger partial charge in [-0.25, -0.2) is 4.39 Å². The molecular weight excluding hydrogens is 329 g/mol. The highest BCUT2D eigenvalue weighted by molar-refractivity contribution is 5.76. The third-order valence-corrected chi connectivity index (χ3v) is 3.54. The molecule has 2 aromatic rings. The number of aliphatic hydroxyl groups excluding tert-OH is 1. The van der Waals surface area contributed by atoms with Crippen LogP contribution in [0, 0.1) is 15.9 Å². The first kappa shape index (κ1) is 18.3. The standard InChI is InChI=1S/C17H18FN3O4/c18-14-6-5-12(9-13(14)11-22)10-20-17(23)7-8-19-15-3-1-2-4-16(15)21(24)25/h1-6,9,19,22H,7-8,10-11H2,(H,20,23). The minimum atomic E-state index is -0.494. The molecule has 8 heteroatoms. The topological polar surface area (TPSA) is 104 Å². The Morgan fingerprint density at radius 2 is 2.00 bits per heavy atom. The zero-order chi connectivity index (χ0) is 18.2. The van der Waals surface area contributed by atoms with Gasteiger partial charge in [0.25, 0.3) is 5.69 Å². The quantitative estimate of drug-likeness (QED) is 0.502. The molecule has 0 aliphatic heterocycles. The number of nitrogens with zero attached hydrogens (tertiary/aromatic N) is 1. The molecule has 0 aromatic heterocycles. The summed E-state index contributed by atoms with van der Waals surface area (Å²) in [4.78, 5) is 22.2. The van der Waals surface area contributed by atoms with Crippen LogP contribution in [-0.2, 0) is 17.9 Å². The molecule has 7 nitrogen and oxygen atoms in total. The lowest BCUT2D eigenvalue weighted by Gasteiger charge is -2.09. The van der Waals surface area contributed by atoms with Crippen molar-refractivity contribution >= 4 is 17.3 Å². The van der Waals surface area contributed by atoms with Crippen molar-refractivity contribution in [2.45, 2.75) is 19.6 Å². The van der Waals surface area contributed by atoms with Crippen molar-refractivity contribution in [1.29, 1.82) is 0 Å². The lowest BCUT2D eigenvalue weighted by molar-refractivity contribution is -0.384. The van der Waals surface area contributed by atoms with Gasteiger partial charge in [0.15, 0.2) is 0 Å². The Bertz CT molecular complexity index is 767. The first-order valence-electron chi connectivity index (χ1n) is 7.63. The summed E-state index contributed by atoms with van der Waals surface area (Å²) in [6, 6.07) is 10.5. The summed E-state index contributed by atoms with van der Waals surface area (Å²) in [6.45, 7) is 0.0347. The number of aliphatic hydroxyl groups is 1. The van der Waals surface area contributed by atoms with Crippen LogP contribution in [0.5, 0.6) is 0 Å². The molecule has 0 atom stereocenters. The highest BCUT2D eigenvalue weighted by atomic mass is 19.1. The number of rotatable bonds is 8. The van der Waals surface area contributed by atoms with Crippen molar-refractivity contribution in [1.82, 2.24) is 5.32 Å². The second kappa shape index (κ2) is 8.74. The second-order valence-corrected chi connectivity index (χ2v) is 5.31. The Morgan fingerprint density at radius 1 is 1.24 bits per heavy atom. The molecule has 0 bridgehead atoms. The highest BCUT2D eigenvalue weighted by Gasteiger charge is 2.12. The minimum absolute atomic E-state index is 0.0502. The molecule has 0 radical (unpaired) electrons. The number of nitro groups is 1. The molecular formula is C17H18FN3O4. The van der Waals surface area contributed by atoms with Crippen LogP contribution < -0.4 is 10.6 Å². The van der Waals surface area contributed by atoms with E-state index in [2.05, 4.69) is 10.6 Å². The molecule has 0 aliphatic rings. The van der Waals surface area contributed by atoms with E-state index in [0.29, 0.717) is 11.3 Å². The average molecular weight is 347 g/mol. The first-order valence-corrected chi connectivity index (χ1v) is 7.63. The monoisotopic (exact) mass is 347 g/mol. The average Bonchev–Trinajstić information content (AvgIpc) is 2.61. The van der Waals surface area contributed by atoms with Gasteiger partial charge in [-0.3, -0.25) is 14.9 Å². The number of nitrogens with one attached hydrogen (secondary N) is 2. The van der Waals surface area contributed by atoms with Crippen LogP contribution in [0.3, 0.4) is 0 Å². The van der Waals surface area contributed by atoms with Crippen LogP contribution in [0.1, 0.15) is 17.5 Å². The van der Waals surface area contributed by atoms with Gasteiger partial charge in [0.05, 0.1) is 11.5 Å². The molecule has 0 fully saturated rings. The Labute approximate surface area is 143 Å². The number of anilines is 1. The van der Waals surface area contributed by atoms with Crippen LogP contribution >= 0.6 is 0 Å². The number of benzene rings is 2. The van der Waals surface area contributed by atoms with Gasteiger partial charge in [0.2, 0.25) is 5.91 Å². The van der Waals surface area contributed by atoms with Crippen molar-refractivity contribution in [2.75, 3.05) is 11.9 Å². The third-order valence-electron chi connectivity index (χ3n) is 3.54. The number of nitro benzene ring substituents is 1. The maximum Gasteiger partial charge on any atom is 0.292 e. The number of halogens is 1. The van der Waals surface area contributed by atoms with Gasteiger partial charge in [-0.05, 0) is 23.8 Å². The maximum atomic E-state index is 13.3. The molecule has 0 saturated heterocycles. The SMILES string of the molecule is O=C(CCNc1ccccc1[N+](=O)[O-])NCc1ccc(F)c(CO)c1. The molecule has 2 aromatic carbocycles. The molecule has 2 rings (SSSR count). The van der Waals surface area contributed by atoms with E-state index in [0.717, 1.165) is 0 Å². The van der Waals surface area contributed by atoms with Crippen LogP contribution in [0.15, 0.2) is 42.5 Å². The number of para-hydroxylation sites is 2. The molecule has 0 spiro atoms. The van der Waals surface area contributed by atoms with Gasteiger partial charge in [0.1, 0.15) is 11.5 Å². The Kier molecular flexibility index (Phi) is 6.41. The number of carbonyl (C=O) groups is 1. The van der Waals surface area contributed by atoms with E-state index in [1.807, 2.05) is 0 Å². The van der Waals surface area contributed by atoms with Crippen molar-refractivity contribution in [3.63, 3.8) is 0 Å². The lowest BCUT2D eigenvalue weighted by atomic mass is 10.1. The molecule has 0 heterocycles. The Hall–Kier alpha value is -3.00. The number of hydrogen-bond acceptors (Lipinski definition) is 5. The van der Waals surface area contributed by atoms with Crippen molar-refractivity contribution in [3.05, 3.63) is 69.5 Å². The minimum Gasteiger partial charge on any atom is -0.392 e. The van der Waals surface area contributed by atoms with Gasteiger partial charge in [-0.2, -0.15) is 0 Å². The Morgan fingerprint density at radius 3 is 2.72 bits per heavy atom. The smallest absolute Gasteiger partial charge is 0.292 e. The zero-order valence-electron chi connectivity index (χ0n) is 13.4. The summed E-state index contributed by atoms with van der Waals surface area (Å²) in [6.07, 6.45) is 0.125. The van der Waals surface area contributed by atoms with E-state index < -0.39 is 17.3 Å². The summed E-state index contributed by atoms with van der Waals surface area (Å²) in [5.74, 6) is -0.743. The number of amides is 1. The fraction of sp³-hybridized carbons (Fsp3) is 0.235. The van der Waals surface area contributed by atoms with Crippen molar-refractivity contribution in [3.8, 4) is 0 Å². The van der Waals surface area contributed by atoms with E-state index >= 15 is 0 Å². The summed E-state index contributed by atoms with van der Waals surface area (Å²) in [5.41, 5.74) is 1.15. The van der Waals surface area contributed by atoms with Gasteiger partial charge >= 0.3 is 0 Å². The van der Waals surface area contributed by atoms with Crippen molar-refractivity contribution in [2.24, 2.45) is 0 Å². The van der Waals surface area contributed by atoms with Crippen LogP contribution in [-0.4, -0.2) is 22.5 Å². The Balaban J connectivity index is 1.81. The van der Waals surface area contributed by atoms with E-state index in [1.54, 1.807) is 18.2 Å². The molecule has 0 aliphatic carbocycles. The molecule has 0 saturated carbocycles. The molecule has 25 heavy (non-hydrogen) atoms. The van der Waals surface area contributed by atoms with Gasteiger partial charge in [-0.15, -0.1) is 0 Å². The molecule has 0 unspecified atom stereocenters. The maximum absolute atomic E-state index is 13.3. The normalized spacial score (nSPS) is 10.3. The summed E-state index contributed by atoms with van der Waals surface area (Å²) in [7, 11) is 0. The van der Waals surface area contributed by atoms with Gasteiger partial charge < -0.3 is 15.7 Å². The molecule has 3 N–H and O–H groups in total. The van der Waals surface area contributed by atoms with Crippen LogP contribution in [0.25, 0.3) is 0 Å². The lowest BCUT2D eigenvalue weighted by Crippen LogP contribution is -2.25. The fourth-order valence-electron chi connectivity index (χ4n) is 2.24. The van der Waals surface area contributed by atoms with E-state index in [-0.39, 0.29) is 36.7 Å². The number of hydrogen-bond donors (Lipinski definition) is 3. The van der Waals surface area contributed by atoms with Crippen LogP contribution in [0.2, 0.25) is 0 Å². The molecule has 1 amide bonds. The third kappa shape index (κ3) is 5.25. The van der Waals surface area contributed by atoms with E-state index in [1.165, 1.54) is 24.3 Å².